The minimum Gasteiger partial charge on any atom is -0.328 e. The molecule has 0 bridgehead atoms. The van der Waals surface area contributed by atoms with E-state index in [1.165, 1.54) is 17.7 Å². The zero-order valence-corrected chi connectivity index (χ0v) is 12.4. The quantitative estimate of drug-likeness (QED) is 0.920. The van der Waals surface area contributed by atoms with Crippen molar-refractivity contribution in [3.05, 3.63) is 27.7 Å². The smallest absolute Gasteiger partial charge is 0.266 e. The molecule has 6 nitrogen and oxygen atoms in total. The Labute approximate surface area is 121 Å². The van der Waals surface area contributed by atoms with Gasteiger partial charge < -0.3 is 4.90 Å². The van der Waals surface area contributed by atoms with Gasteiger partial charge in [-0.15, -0.1) is 11.3 Å². The van der Waals surface area contributed by atoms with Gasteiger partial charge in [-0.25, -0.2) is 9.97 Å². The van der Waals surface area contributed by atoms with Crippen molar-refractivity contribution in [1.82, 2.24) is 25.1 Å². The average molecular weight is 291 g/mol. The first-order valence-corrected chi connectivity index (χ1v) is 7.58. The number of hydrogen-bond donors (Lipinski definition) is 1. The van der Waals surface area contributed by atoms with Crippen molar-refractivity contribution >= 4 is 17.2 Å². The molecule has 0 radical (unpaired) electrons. The van der Waals surface area contributed by atoms with Crippen molar-refractivity contribution in [1.29, 1.82) is 0 Å². The van der Waals surface area contributed by atoms with E-state index >= 15 is 0 Å². The maximum Gasteiger partial charge on any atom is 0.266 e. The molecule has 3 heterocycles. The van der Waals surface area contributed by atoms with Crippen LogP contribution in [-0.4, -0.2) is 37.5 Å². The highest BCUT2D eigenvalue weighted by Crippen LogP contribution is 2.31. The first kappa shape index (κ1) is 13.2. The second kappa shape index (κ2) is 5.32. The first-order valence-electron chi connectivity index (χ1n) is 6.77. The number of piperidine rings is 1. The third-order valence-electron chi connectivity index (χ3n) is 3.61. The molecule has 20 heavy (non-hydrogen) atoms. The molecule has 0 aromatic carbocycles. The number of carbonyl (C=O) groups is 1. The SMILES string of the molecule is Cc1nc(C)c(C(=O)N2CCCC[C@H]2c2ncn[nH]2)s1. The molecule has 1 aliphatic heterocycles. The van der Waals surface area contributed by atoms with E-state index in [4.69, 9.17) is 0 Å². The Kier molecular flexibility index (Phi) is 3.52. The molecule has 0 aliphatic carbocycles. The number of thiazole rings is 1. The van der Waals surface area contributed by atoms with Gasteiger partial charge in [-0.05, 0) is 33.1 Å². The lowest BCUT2D eigenvalue weighted by molar-refractivity contribution is 0.0604. The van der Waals surface area contributed by atoms with Crippen LogP contribution in [0.5, 0.6) is 0 Å². The number of likely N-dealkylation sites (tertiary alicyclic amines) is 1. The van der Waals surface area contributed by atoms with E-state index in [0.717, 1.165) is 47.2 Å². The molecule has 0 unspecified atom stereocenters. The molecular formula is C13H17N5OS. The Hall–Kier alpha value is -1.76. The predicted octanol–water partition coefficient (Wildman–Crippen LogP) is 2.25. The summed E-state index contributed by atoms with van der Waals surface area (Å²) in [5, 5.41) is 7.73. The van der Waals surface area contributed by atoms with Crippen LogP contribution in [0.2, 0.25) is 0 Å². The fourth-order valence-electron chi connectivity index (χ4n) is 2.69. The van der Waals surface area contributed by atoms with Crippen LogP contribution in [0.25, 0.3) is 0 Å². The normalized spacial score (nSPS) is 19.3. The third kappa shape index (κ3) is 2.33. The zero-order valence-electron chi connectivity index (χ0n) is 11.6. The van der Waals surface area contributed by atoms with Gasteiger partial charge in [0.05, 0.1) is 16.7 Å². The minimum absolute atomic E-state index is 0.000515. The zero-order chi connectivity index (χ0) is 14.1. The van der Waals surface area contributed by atoms with Gasteiger partial charge in [-0.1, -0.05) is 0 Å². The number of amides is 1. The highest BCUT2D eigenvalue weighted by atomic mass is 32.1. The highest BCUT2D eigenvalue weighted by molar-refractivity contribution is 7.13. The molecule has 0 saturated carbocycles. The van der Waals surface area contributed by atoms with Crippen molar-refractivity contribution in [3.63, 3.8) is 0 Å². The van der Waals surface area contributed by atoms with Gasteiger partial charge in [-0.2, -0.15) is 5.10 Å². The number of rotatable bonds is 2. The van der Waals surface area contributed by atoms with Crippen LogP contribution in [0.3, 0.4) is 0 Å². The molecule has 1 N–H and O–H groups in total. The predicted molar refractivity (Wildman–Crippen MR) is 75.6 cm³/mol. The van der Waals surface area contributed by atoms with E-state index in [9.17, 15) is 4.79 Å². The summed E-state index contributed by atoms with van der Waals surface area (Å²) in [6.07, 6.45) is 4.56. The number of H-pyrrole nitrogens is 1. The summed E-state index contributed by atoms with van der Waals surface area (Å²) in [4.78, 5) is 24.0. The fraction of sp³-hybridized carbons (Fsp3) is 0.538. The summed E-state index contributed by atoms with van der Waals surface area (Å²) in [6, 6.07) is 0.000515. The number of aromatic nitrogens is 4. The van der Waals surface area contributed by atoms with E-state index in [1.807, 2.05) is 18.7 Å². The molecule has 1 amide bonds. The van der Waals surface area contributed by atoms with Crippen LogP contribution in [0, 0.1) is 13.8 Å². The monoisotopic (exact) mass is 291 g/mol. The number of carbonyl (C=O) groups excluding carboxylic acids is 1. The lowest BCUT2D eigenvalue weighted by Crippen LogP contribution is -2.39. The van der Waals surface area contributed by atoms with Gasteiger partial charge in [0.2, 0.25) is 0 Å². The lowest BCUT2D eigenvalue weighted by Gasteiger charge is -2.34. The second-order valence-electron chi connectivity index (χ2n) is 5.03. The largest absolute Gasteiger partial charge is 0.328 e. The number of nitrogens with zero attached hydrogens (tertiary/aromatic N) is 4. The van der Waals surface area contributed by atoms with Crippen molar-refractivity contribution in [2.24, 2.45) is 0 Å². The van der Waals surface area contributed by atoms with Crippen LogP contribution in [-0.2, 0) is 0 Å². The Balaban J connectivity index is 1.90. The molecule has 106 valence electrons. The topological polar surface area (TPSA) is 74.8 Å². The van der Waals surface area contributed by atoms with Crippen molar-refractivity contribution in [2.75, 3.05) is 6.54 Å². The van der Waals surface area contributed by atoms with Crippen molar-refractivity contribution in [2.45, 2.75) is 39.2 Å². The van der Waals surface area contributed by atoms with E-state index in [1.54, 1.807) is 0 Å². The summed E-state index contributed by atoms with van der Waals surface area (Å²) in [5.41, 5.74) is 0.819. The van der Waals surface area contributed by atoms with Gasteiger partial charge in [0.1, 0.15) is 17.0 Å². The average Bonchev–Trinajstić information content (AvgIpc) is 3.07. The van der Waals surface area contributed by atoms with Gasteiger partial charge in [0.15, 0.2) is 0 Å². The fourth-order valence-corrected chi connectivity index (χ4v) is 3.57. The number of aryl methyl sites for hydroxylation is 2. The maximum atomic E-state index is 12.8. The maximum absolute atomic E-state index is 12.8. The molecule has 2 aromatic heterocycles. The number of hydrogen-bond acceptors (Lipinski definition) is 5. The molecule has 1 saturated heterocycles. The second-order valence-corrected chi connectivity index (χ2v) is 6.23. The standard InChI is InChI=1S/C13H17N5OS/c1-8-11(20-9(2)16-8)13(19)18-6-4-3-5-10(18)12-14-7-15-17-12/h7,10H,3-6H2,1-2H3,(H,14,15,17)/t10-/m0/s1. The Morgan fingerprint density at radius 2 is 2.30 bits per heavy atom. The van der Waals surface area contributed by atoms with Gasteiger partial charge in [0.25, 0.3) is 5.91 Å². The summed E-state index contributed by atoms with van der Waals surface area (Å²) in [5.74, 6) is 0.839. The number of nitrogens with one attached hydrogen (secondary N) is 1. The van der Waals surface area contributed by atoms with E-state index in [0.29, 0.717) is 0 Å². The molecule has 1 fully saturated rings. The van der Waals surface area contributed by atoms with Gasteiger partial charge >= 0.3 is 0 Å². The molecular weight excluding hydrogens is 274 g/mol. The third-order valence-corrected chi connectivity index (χ3v) is 4.67. The lowest BCUT2D eigenvalue weighted by atomic mass is 10.0. The Morgan fingerprint density at radius 1 is 1.45 bits per heavy atom. The van der Waals surface area contributed by atoms with E-state index in [-0.39, 0.29) is 11.9 Å². The van der Waals surface area contributed by atoms with Gasteiger partial charge in [-0.3, -0.25) is 9.89 Å². The molecule has 1 aliphatic rings. The summed E-state index contributed by atoms with van der Waals surface area (Å²) in [7, 11) is 0. The molecule has 3 rings (SSSR count). The first-order chi connectivity index (χ1) is 9.66. The summed E-state index contributed by atoms with van der Waals surface area (Å²) in [6.45, 7) is 4.59. The van der Waals surface area contributed by atoms with Crippen LogP contribution in [0.15, 0.2) is 6.33 Å². The van der Waals surface area contributed by atoms with E-state index < -0.39 is 0 Å². The Morgan fingerprint density at radius 3 is 2.95 bits per heavy atom. The minimum atomic E-state index is 0.000515. The van der Waals surface area contributed by atoms with Crippen LogP contribution in [0.1, 0.15) is 51.5 Å². The Bertz CT molecular complexity index is 606. The summed E-state index contributed by atoms with van der Waals surface area (Å²) < 4.78 is 0. The molecule has 1 atom stereocenters. The highest BCUT2D eigenvalue weighted by Gasteiger charge is 2.32. The molecule has 7 heteroatoms. The van der Waals surface area contributed by atoms with Crippen molar-refractivity contribution in [3.8, 4) is 0 Å². The van der Waals surface area contributed by atoms with Crippen LogP contribution < -0.4 is 0 Å². The van der Waals surface area contributed by atoms with Crippen LogP contribution in [0.4, 0.5) is 0 Å². The van der Waals surface area contributed by atoms with Crippen LogP contribution >= 0.6 is 11.3 Å². The summed E-state index contributed by atoms with van der Waals surface area (Å²) >= 11 is 1.47. The number of aromatic amines is 1. The molecule has 2 aromatic rings. The van der Waals surface area contributed by atoms with Gasteiger partial charge in [0, 0.05) is 6.54 Å². The molecule has 0 spiro atoms. The van der Waals surface area contributed by atoms with Crippen molar-refractivity contribution < 1.29 is 4.79 Å². The van der Waals surface area contributed by atoms with E-state index in [2.05, 4.69) is 20.2 Å².